The Bertz CT molecular complexity index is 629. The van der Waals surface area contributed by atoms with E-state index < -0.39 is 0 Å². The molecule has 21 heavy (non-hydrogen) atoms. The molecule has 1 aromatic carbocycles. The first kappa shape index (κ1) is 14.3. The van der Waals surface area contributed by atoms with Crippen molar-refractivity contribution in [3.8, 4) is 6.01 Å². The van der Waals surface area contributed by atoms with E-state index in [0.29, 0.717) is 23.7 Å². The van der Waals surface area contributed by atoms with Gasteiger partial charge in [-0.2, -0.15) is 0 Å². The highest BCUT2D eigenvalue weighted by molar-refractivity contribution is 6.31. The molecule has 1 N–H and O–H groups in total. The largest absolute Gasteiger partial charge is 0.459 e. The second-order valence-corrected chi connectivity index (χ2v) is 5.71. The van der Waals surface area contributed by atoms with Gasteiger partial charge in [-0.3, -0.25) is 0 Å². The topological polar surface area (TPSA) is 47.0 Å². The summed E-state index contributed by atoms with van der Waals surface area (Å²) in [5.74, 6) is 0. The third-order valence-corrected chi connectivity index (χ3v) is 3.90. The van der Waals surface area contributed by atoms with E-state index in [-0.39, 0.29) is 0 Å². The summed E-state index contributed by atoms with van der Waals surface area (Å²) in [4.78, 5) is 8.67. The van der Waals surface area contributed by atoms with Gasteiger partial charge in [0.15, 0.2) is 0 Å². The minimum Gasteiger partial charge on any atom is -0.459 e. The van der Waals surface area contributed by atoms with Crippen molar-refractivity contribution in [2.45, 2.75) is 39.0 Å². The van der Waals surface area contributed by atoms with Crippen molar-refractivity contribution >= 4 is 11.6 Å². The number of nitrogens with one attached hydrogen (secondary N) is 1. The Labute approximate surface area is 129 Å². The molecule has 1 aromatic heterocycles. The molecule has 5 heteroatoms. The van der Waals surface area contributed by atoms with Gasteiger partial charge in [-0.05, 0) is 25.8 Å². The highest BCUT2D eigenvalue weighted by Gasteiger charge is 2.20. The first-order chi connectivity index (χ1) is 10.2. The lowest BCUT2D eigenvalue weighted by atomic mass is 10.2. The van der Waals surface area contributed by atoms with E-state index in [1.165, 1.54) is 12.8 Å². The van der Waals surface area contributed by atoms with E-state index in [4.69, 9.17) is 16.3 Å². The predicted octanol–water partition coefficient (Wildman–Crippen LogP) is 3.27. The van der Waals surface area contributed by atoms with E-state index in [9.17, 15) is 0 Å². The van der Waals surface area contributed by atoms with Crippen LogP contribution in [0.3, 0.4) is 0 Å². The summed E-state index contributed by atoms with van der Waals surface area (Å²) in [5, 5.41) is 4.15. The van der Waals surface area contributed by atoms with Crippen LogP contribution in [-0.4, -0.2) is 16.0 Å². The molecule has 0 aliphatic heterocycles. The first-order valence-corrected chi connectivity index (χ1v) is 7.52. The number of benzene rings is 1. The molecule has 3 rings (SSSR count). The lowest BCUT2D eigenvalue weighted by molar-refractivity contribution is 0.279. The minimum absolute atomic E-state index is 0.374. The Morgan fingerprint density at radius 2 is 2.10 bits per heavy atom. The summed E-state index contributed by atoms with van der Waals surface area (Å²) in [5.41, 5.74) is 3.00. The van der Waals surface area contributed by atoms with Gasteiger partial charge in [-0.1, -0.05) is 29.8 Å². The maximum atomic E-state index is 6.09. The molecule has 0 bridgehead atoms. The first-order valence-electron chi connectivity index (χ1n) is 7.14. The van der Waals surface area contributed by atoms with Crippen LogP contribution in [0.2, 0.25) is 5.02 Å². The van der Waals surface area contributed by atoms with Gasteiger partial charge in [0.25, 0.3) is 0 Å². The molecule has 1 fully saturated rings. The average Bonchev–Trinajstić information content (AvgIpc) is 3.30. The van der Waals surface area contributed by atoms with Crippen LogP contribution >= 0.6 is 11.6 Å². The van der Waals surface area contributed by atoms with Gasteiger partial charge >= 0.3 is 6.01 Å². The Morgan fingerprint density at radius 1 is 1.29 bits per heavy atom. The summed E-state index contributed by atoms with van der Waals surface area (Å²) in [7, 11) is 0. The molecule has 2 aromatic rings. The summed E-state index contributed by atoms with van der Waals surface area (Å²) in [6.07, 6.45) is 4.39. The number of halogens is 1. The number of rotatable bonds is 6. The molecule has 0 atom stereocenters. The highest BCUT2D eigenvalue weighted by Crippen LogP contribution is 2.20. The number of aromatic nitrogens is 2. The van der Waals surface area contributed by atoms with Gasteiger partial charge in [-0.15, -0.1) is 0 Å². The SMILES string of the molecule is Cc1nc(OCc2ccccc2Cl)ncc1CNC1CC1. The van der Waals surface area contributed by atoms with Crippen LogP contribution in [0.4, 0.5) is 0 Å². The molecule has 1 aliphatic carbocycles. The third-order valence-electron chi connectivity index (χ3n) is 3.53. The average molecular weight is 304 g/mol. The fourth-order valence-corrected chi connectivity index (χ4v) is 2.20. The van der Waals surface area contributed by atoms with Crippen LogP contribution in [0.25, 0.3) is 0 Å². The zero-order valence-corrected chi connectivity index (χ0v) is 12.7. The highest BCUT2D eigenvalue weighted by atomic mass is 35.5. The van der Waals surface area contributed by atoms with Gasteiger partial charge in [0.1, 0.15) is 6.61 Å². The van der Waals surface area contributed by atoms with E-state index in [2.05, 4.69) is 15.3 Å². The van der Waals surface area contributed by atoms with E-state index in [0.717, 1.165) is 23.4 Å². The van der Waals surface area contributed by atoms with Crippen molar-refractivity contribution in [2.24, 2.45) is 0 Å². The van der Waals surface area contributed by atoms with Crippen molar-refractivity contribution < 1.29 is 4.74 Å². The van der Waals surface area contributed by atoms with Crippen LogP contribution in [-0.2, 0) is 13.2 Å². The van der Waals surface area contributed by atoms with Crippen molar-refractivity contribution in [1.82, 2.24) is 15.3 Å². The van der Waals surface area contributed by atoms with Crippen LogP contribution in [0, 0.1) is 6.92 Å². The van der Waals surface area contributed by atoms with Gasteiger partial charge < -0.3 is 10.1 Å². The Morgan fingerprint density at radius 3 is 2.81 bits per heavy atom. The summed E-state index contributed by atoms with van der Waals surface area (Å²) in [6.45, 7) is 3.17. The smallest absolute Gasteiger partial charge is 0.316 e. The van der Waals surface area contributed by atoms with E-state index in [1.807, 2.05) is 37.4 Å². The van der Waals surface area contributed by atoms with Crippen molar-refractivity contribution in [1.29, 1.82) is 0 Å². The van der Waals surface area contributed by atoms with Gasteiger partial charge in [0, 0.05) is 40.6 Å². The van der Waals surface area contributed by atoms with Crippen molar-refractivity contribution in [3.05, 3.63) is 52.3 Å². The van der Waals surface area contributed by atoms with Gasteiger partial charge in [0.05, 0.1) is 0 Å². The fourth-order valence-electron chi connectivity index (χ4n) is 2.01. The maximum absolute atomic E-state index is 6.09. The summed E-state index contributed by atoms with van der Waals surface area (Å²) in [6, 6.07) is 8.68. The van der Waals surface area contributed by atoms with Crippen LogP contribution in [0.1, 0.15) is 29.7 Å². The monoisotopic (exact) mass is 303 g/mol. The van der Waals surface area contributed by atoms with Crippen LogP contribution in [0.5, 0.6) is 6.01 Å². The van der Waals surface area contributed by atoms with Crippen molar-refractivity contribution in [3.63, 3.8) is 0 Å². The summed E-state index contributed by atoms with van der Waals surface area (Å²) < 4.78 is 5.62. The lowest BCUT2D eigenvalue weighted by Gasteiger charge is -2.09. The zero-order valence-electron chi connectivity index (χ0n) is 12.0. The molecule has 0 saturated heterocycles. The normalized spacial score (nSPS) is 14.2. The van der Waals surface area contributed by atoms with E-state index in [1.54, 1.807) is 0 Å². The molecule has 0 spiro atoms. The molecular formula is C16H18ClN3O. The standard InChI is InChI=1S/C16H18ClN3O/c1-11-13(8-18-14-6-7-14)9-19-16(20-11)21-10-12-4-2-3-5-15(12)17/h2-5,9,14,18H,6-8,10H2,1H3. The second kappa shape index (κ2) is 6.41. The number of nitrogens with zero attached hydrogens (tertiary/aromatic N) is 2. The maximum Gasteiger partial charge on any atom is 0.316 e. The molecule has 4 nitrogen and oxygen atoms in total. The summed E-state index contributed by atoms with van der Waals surface area (Å²) >= 11 is 6.09. The van der Waals surface area contributed by atoms with E-state index >= 15 is 0 Å². The Kier molecular flexibility index (Phi) is 4.36. The fraction of sp³-hybridized carbons (Fsp3) is 0.375. The number of hydrogen-bond acceptors (Lipinski definition) is 4. The van der Waals surface area contributed by atoms with Crippen LogP contribution in [0.15, 0.2) is 30.5 Å². The molecule has 1 heterocycles. The molecule has 1 aliphatic rings. The molecule has 0 unspecified atom stereocenters. The van der Waals surface area contributed by atoms with Crippen LogP contribution < -0.4 is 10.1 Å². The Hall–Kier alpha value is -1.65. The predicted molar refractivity (Wildman–Crippen MR) is 82.4 cm³/mol. The number of ether oxygens (including phenoxy) is 1. The molecule has 110 valence electrons. The molecule has 0 amide bonds. The minimum atomic E-state index is 0.374. The molecular weight excluding hydrogens is 286 g/mol. The number of hydrogen-bond donors (Lipinski definition) is 1. The molecule has 1 saturated carbocycles. The molecule has 0 radical (unpaired) electrons. The third kappa shape index (κ3) is 3.93. The zero-order chi connectivity index (χ0) is 14.7. The number of aryl methyl sites for hydroxylation is 1. The lowest BCUT2D eigenvalue weighted by Crippen LogP contribution is -2.16. The van der Waals surface area contributed by atoms with Gasteiger partial charge in [0.2, 0.25) is 0 Å². The second-order valence-electron chi connectivity index (χ2n) is 5.30. The van der Waals surface area contributed by atoms with Crippen molar-refractivity contribution in [2.75, 3.05) is 0 Å². The Balaban J connectivity index is 1.60. The van der Waals surface area contributed by atoms with Gasteiger partial charge in [-0.25, -0.2) is 9.97 Å². The quantitative estimate of drug-likeness (QED) is 0.890.